The van der Waals surface area contributed by atoms with Gasteiger partial charge in [-0.2, -0.15) is 0 Å². The van der Waals surface area contributed by atoms with Crippen LogP contribution >= 0.6 is 27.3 Å². The van der Waals surface area contributed by atoms with E-state index in [1.807, 2.05) is 19.1 Å². The van der Waals surface area contributed by atoms with Crippen molar-refractivity contribution in [1.29, 1.82) is 0 Å². The van der Waals surface area contributed by atoms with Gasteiger partial charge in [-0.15, -0.1) is 11.3 Å². The molecule has 1 N–H and O–H groups in total. The van der Waals surface area contributed by atoms with E-state index >= 15 is 0 Å². The molecule has 17 heavy (non-hydrogen) atoms. The van der Waals surface area contributed by atoms with E-state index in [2.05, 4.69) is 21.2 Å². The van der Waals surface area contributed by atoms with Crippen molar-refractivity contribution < 1.29 is 9.21 Å². The van der Waals surface area contributed by atoms with Crippen LogP contribution in [0.1, 0.15) is 27.9 Å². The topological polar surface area (TPSA) is 42.2 Å². The molecule has 5 heteroatoms. The van der Waals surface area contributed by atoms with Crippen LogP contribution in [0, 0.1) is 0 Å². The largest absolute Gasteiger partial charge is 0.469 e. The summed E-state index contributed by atoms with van der Waals surface area (Å²) in [6.07, 6.45) is 2.27. The van der Waals surface area contributed by atoms with E-state index in [1.165, 1.54) is 0 Å². The highest BCUT2D eigenvalue weighted by Gasteiger charge is 2.12. The highest BCUT2D eigenvalue weighted by molar-refractivity contribution is 9.11. The quantitative estimate of drug-likeness (QED) is 0.937. The number of carbonyl (C=O) groups is 1. The van der Waals surface area contributed by atoms with Crippen molar-refractivity contribution >= 4 is 33.2 Å². The second-order valence-corrected chi connectivity index (χ2v) is 6.05. The number of thiophene rings is 1. The first kappa shape index (κ1) is 12.4. The van der Waals surface area contributed by atoms with Crippen molar-refractivity contribution in [3.63, 3.8) is 0 Å². The van der Waals surface area contributed by atoms with Crippen molar-refractivity contribution in [2.24, 2.45) is 0 Å². The number of hydrogen-bond donors (Lipinski definition) is 1. The van der Waals surface area contributed by atoms with Gasteiger partial charge in [0.2, 0.25) is 0 Å². The lowest BCUT2D eigenvalue weighted by molar-refractivity contribution is 0.0949. The summed E-state index contributed by atoms with van der Waals surface area (Å²) in [7, 11) is 0. The summed E-state index contributed by atoms with van der Waals surface area (Å²) in [5, 5.41) is 2.88. The zero-order valence-corrected chi connectivity index (χ0v) is 11.7. The fraction of sp³-hybridized carbons (Fsp3) is 0.250. The number of rotatable bonds is 4. The maximum absolute atomic E-state index is 11.9. The molecule has 0 aromatic carbocycles. The zero-order chi connectivity index (χ0) is 12.3. The second-order valence-electron chi connectivity index (χ2n) is 3.50. The van der Waals surface area contributed by atoms with Crippen molar-refractivity contribution in [2.75, 3.05) is 0 Å². The molecule has 3 nitrogen and oxygen atoms in total. The molecule has 2 rings (SSSR count). The molecule has 0 saturated heterocycles. The monoisotopic (exact) mass is 313 g/mol. The van der Waals surface area contributed by atoms with E-state index in [1.54, 1.807) is 23.7 Å². The molecule has 0 fully saturated rings. The number of carbonyl (C=O) groups excluding carboxylic acids is 1. The molecule has 90 valence electrons. The lowest BCUT2D eigenvalue weighted by Crippen LogP contribution is -2.22. The van der Waals surface area contributed by atoms with Crippen molar-refractivity contribution in [3.05, 3.63) is 44.4 Å². The minimum Gasteiger partial charge on any atom is -0.469 e. The number of amides is 1. The van der Waals surface area contributed by atoms with E-state index in [-0.39, 0.29) is 5.91 Å². The van der Waals surface area contributed by atoms with Gasteiger partial charge in [0.05, 0.1) is 22.2 Å². The Balaban J connectivity index is 1.98. The standard InChI is InChI=1S/C12H12BrNO2S/c1-2-10-9(5-6-16-10)12(15)14-7-8-3-4-11(13)17-8/h3-6H,2,7H2,1H3,(H,14,15). The molecule has 0 spiro atoms. The second kappa shape index (κ2) is 5.51. The van der Waals surface area contributed by atoms with Crippen LogP contribution in [0.5, 0.6) is 0 Å². The molecular weight excluding hydrogens is 302 g/mol. The molecule has 0 unspecified atom stereocenters. The Labute approximate surface area is 112 Å². The molecule has 0 atom stereocenters. The first-order valence-corrected chi connectivity index (χ1v) is 6.90. The van der Waals surface area contributed by atoms with Crippen LogP contribution in [0.25, 0.3) is 0 Å². The average Bonchev–Trinajstić information content (AvgIpc) is 2.94. The fourth-order valence-corrected chi connectivity index (χ4v) is 2.95. The molecule has 0 aliphatic carbocycles. The number of halogens is 1. The normalized spacial score (nSPS) is 10.5. The lowest BCUT2D eigenvalue weighted by Gasteiger charge is -2.02. The van der Waals surface area contributed by atoms with Crippen LogP contribution in [0.4, 0.5) is 0 Å². The fourth-order valence-electron chi connectivity index (χ4n) is 1.53. The molecule has 2 aromatic heterocycles. The van der Waals surface area contributed by atoms with Gasteiger partial charge in [0.15, 0.2) is 0 Å². The van der Waals surface area contributed by atoms with E-state index in [9.17, 15) is 4.79 Å². The van der Waals surface area contributed by atoms with E-state index in [4.69, 9.17) is 4.42 Å². The third-order valence-electron chi connectivity index (χ3n) is 2.36. The Hall–Kier alpha value is -1.07. The van der Waals surface area contributed by atoms with Crippen LogP contribution in [0.3, 0.4) is 0 Å². The molecule has 1 amide bonds. The van der Waals surface area contributed by atoms with Crippen LogP contribution in [0.2, 0.25) is 0 Å². The maximum Gasteiger partial charge on any atom is 0.255 e. The molecular formula is C12H12BrNO2S. The molecule has 2 heterocycles. The van der Waals surface area contributed by atoms with Crippen molar-refractivity contribution in [2.45, 2.75) is 19.9 Å². The van der Waals surface area contributed by atoms with E-state index < -0.39 is 0 Å². The summed E-state index contributed by atoms with van der Waals surface area (Å²) in [4.78, 5) is 13.0. The number of aryl methyl sites for hydroxylation is 1. The minimum atomic E-state index is -0.0832. The van der Waals surface area contributed by atoms with Crippen LogP contribution in [-0.4, -0.2) is 5.91 Å². The summed E-state index contributed by atoms with van der Waals surface area (Å²) in [5.41, 5.74) is 0.628. The number of furan rings is 1. The summed E-state index contributed by atoms with van der Waals surface area (Å²) in [6, 6.07) is 5.67. The lowest BCUT2D eigenvalue weighted by atomic mass is 10.2. The summed E-state index contributed by atoms with van der Waals surface area (Å²) in [5.74, 6) is 0.648. The van der Waals surface area contributed by atoms with Crippen molar-refractivity contribution in [1.82, 2.24) is 5.32 Å². The minimum absolute atomic E-state index is 0.0832. The van der Waals surface area contributed by atoms with Gasteiger partial charge in [0, 0.05) is 11.3 Å². The number of hydrogen-bond acceptors (Lipinski definition) is 3. The van der Waals surface area contributed by atoms with Crippen LogP contribution in [0.15, 0.2) is 32.7 Å². The molecule has 2 aromatic rings. The van der Waals surface area contributed by atoms with E-state index in [0.29, 0.717) is 12.1 Å². The predicted octanol–water partition coefficient (Wildman–Crippen LogP) is 3.60. The molecule has 0 aliphatic rings. The van der Waals surface area contributed by atoms with Gasteiger partial charge >= 0.3 is 0 Å². The van der Waals surface area contributed by atoms with Crippen LogP contribution < -0.4 is 5.32 Å². The first-order chi connectivity index (χ1) is 8.20. The highest BCUT2D eigenvalue weighted by atomic mass is 79.9. The van der Waals surface area contributed by atoms with Gasteiger partial charge in [-0.3, -0.25) is 4.79 Å². The van der Waals surface area contributed by atoms with Gasteiger partial charge in [-0.05, 0) is 34.1 Å². The Morgan fingerprint density at radius 2 is 2.29 bits per heavy atom. The summed E-state index contributed by atoms with van der Waals surface area (Å²) >= 11 is 5.01. The van der Waals surface area contributed by atoms with Gasteiger partial charge < -0.3 is 9.73 Å². The maximum atomic E-state index is 11.9. The third kappa shape index (κ3) is 2.98. The van der Waals surface area contributed by atoms with Crippen LogP contribution in [-0.2, 0) is 13.0 Å². The van der Waals surface area contributed by atoms with Crippen molar-refractivity contribution in [3.8, 4) is 0 Å². The third-order valence-corrected chi connectivity index (χ3v) is 3.99. The average molecular weight is 314 g/mol. The Bertz CT molecular complexity index is 518. The highest BCUT2D eigenvalue weighted by Crippen LogP contribution is 2.22. The smallest absolute Gasteiger partial charge is 0.255 e. The van der Waals surface area contributed by atoms with E-state index in [0.717, 1.165) is 20.8 Å². The van der Waals surface area contributed by atoms with Gasteiger partial charge in [-0.1, -0.05) is 6.92 Å². The molecule has 0 bridgehead atoms. The number of nitrogens with one attached hydrogen (secondary N) is 1. The Morgan fingerprint density at radius 1 is 1.47 bits per heavy atom. The first-order valence-electron chi connectivity index (χ1n) is 5.29. The zero-order valence-electron chi connectivity index (χ0n) is 9.33. The molecule has 0 radical (unpaired) electrons. The Morgan fingerprint density at radius 3 is 2.94 bits per heavy atom. The summed E-state index contributed by atoms with van der Waals surface area (Å²) < 4.78 is 6.29. The van der Waals surface area contributed by atoms with Gasteiger partial charge in [0.1, 0.15) is 5.76 Å². The molecule has 0 aliphatic heterocycles. The SMILES string of the molecule is CCc1occc1C(=O)NCc1ccc(Br)s1. The molecule has 0 saturated carbocycles. The summed E-state index contributed by atoms with van der Waals surface area (Å²) in [6.45, 7) is 2.51. The predicted molar refractivity (Wildman–Crippen MR) is 71.3 cm³/mol. The van der Waals surface area contributed by atoms with Gasteiger partial charge in [-0.25, -0.2) is 0 Å². The Kier molecular flexibility index (Phi) is 4.02. The van der Waals surface area contributed by atoms with Gasteiger partial charge in [0.25, 0.3) is 5.91 Å².